The van der Waals surface area contributed by atoms with Crippen molar-refractivity contribution in [2.45, 2.75) is 12.8 Å². The molecule has 4 rings (SSSR count). The summed E-state index contributed by atoms with van der Waals surface area (Å²) in [5.74, 6) is 1.18. The summed E-state index contributed by atoms with van der Waals surface area (Å²) >= 11 is 0. The predicted octanol–water partition coefficient (Wildman–Crippen LogP) is 2.27. The van der Waals surface area contributed by atoms with E-state index in [1.807, 2.05) is 0 Å². The number of nitrogens with one attached hydrogen (secondary N) is 2. The molecule has 188 valence electrons. The number of hydrogen-bond acceptors (Lipinski definition) is 8. The highest BCUT2D eigenvalue weighted by molar-refractivity contribution is 6.16. The molecule has 10 nitrogen and oxygen atoms in total. The van der Waals surface area contributed by atoms with Gasteiger partial charge in [-0.25, -0.2) is 0 Å². The summed E-state index contributed by atoms with van der Waals surface area (Å²) in [4.78, 5) is 44.9. The molecule has 2 aliphatic heterocycles. The first kappa shape index (κ1) is 26.0. The van der Waals surface area contributed by atoms with Crippen molar-refractivity contribution in [3.8, 4) is 23.0 Å². The van der Waals surface area contributed by atoms with Crippen LogP contribution in [0.1, 0.15) is 24.0 Å². The van der Waals surface area contributed by atoms with Crippen LogP contribution in [0.3, 0.4) is 0 Å². The van der Waals surface area contributed by atoms with Crippen LogP contribution in [0.5, 0.6) is 23.0 Å². The van der Waals surface area contributed by atoms with E-state index in [0.717, 1.165) is 11.1 Å². The Bertz CT molecular complexity index is 1170. The number of imide groups is 2. The summed E-state index contributed by atoms with van der Waals surface area (Å²) in [6.07, 6.45) is 3.57. The molecular weight excluding hydrogens is 468 g/mol. The zero-order chi connectivity index (χ0) is 26.2. The summed E-state index contributed by atoms with van der Waals surface area (Å²) < 4.78 is 20.6. The van der Waals surface area contributed by atoms with E-state index in [4.69, 9.17) is 18.9 Å². The first-order valence-corrected chi connectivity index (χ1v) is 10.8. The zero-order valence-corrected chi connectivity index (χ0v) is 20.3. The summed E-state index contributed by atoms with van der Waals surface area (Å²) in [5.41, 5.74) is 2.47. The van der Waals surface area contributed by atoms with Gasteiger partial charge in [-0.2, -0.15) is 0 Å². The molecule has 0 spiro atoms. The number of hydrogen-bond donors (Lipinski definition) is 2. The number of benzene rings is 2. The summed E-state index contributed by atoms with van der Waals surface area (Å²) in [6.45, 7) is 0. The minimum absolute atomic E-state index is 0.118. The van der Waals surface area contributed by atoms with Crippen LogP contribution in [0.4, 0.5) is 0 Å². The molecule has 2 aromatic carbocycles. The van der Waals surface area contributed by atoms with Crippen LogP contribution in [0.15, 0.2) is 47.5 Å². The molecule has 0 radical (unpaired) electrons. The highest BCUT2D eigenvalue weighted by Gasteiger charge is 2.24. The number of methoxy groups -OCH3 is 4. The molecule has 2 heterocycles. The maximum atomic E-state index is 11.4. The van der Waals surface area contributed by atoms with Gasteiger partial charge in [0.25, 0.3) is 11.8 Å². The van der Waals surface area contributed by atoms with Crippen molar-refractivity contribution in [2.24, 2.45) is 0 Å². The molecule has 2 N–H and O–H groups in total. The molecule has 0 aromatic heterocycles. The van der Waals surface area contributed by atoms with Crippen LogP contribution >= 0.6 is 0 Å². The van der Waals surface area contributed by atoms with Gasteiger partial charge in [0.05, 0.1) is 41.3 Å². The monoisotopic (exact) mass is 494 g/mol. The standard InChI is InChI=1S/2C13H13NO4/c2*1-17-10-4-3-8(6-11(10)18-2)5-9-7-12(15)14-13(9)16/h2*3-6H,7H2,1-2H3,(H,14,15,16)/b2*9-5+. The number of carbonyl (C=O) groups excluding carboxylic acids is 4. The molecule has 2 saturated heterocycles. The van der Waals surface area contributed by atoms with Gasteiger partial charge in [-0.3, -0.25) is 29.8 Å². The number of carbonyl (C=O) groups is 4. The lowest BCUT2D eigenvalue weighted by atomic mass is 10.1. The van der Waals surface area contributed by atoms with E-state index in [-0.39, 0.29) is 36.5 Å². The normalized spacial score (nSPS) is 16.9. The molecule has 0 bridgehead atoms. The van der Waals surface area contributed by atoms with Gasteiger partial charge < -0.3 is 18.9 Å². The van der Waals surface area contributed by atoms with Crippen molar-refractivity contribution in [1.82, 2.24) is 10.6 Å². The van der Waals surface area contributed by atoms with Crippen LogP contribution in [0.2, 0.25) is 0 Å². The Morgan fingerprint density at radius 2 is 0.944 bits per heavy atom. The van der Waals surface area contributed by atoms with Crippen LogP contribution in [-0.4, -0.2) is 52.1 Å². The number of amides is 4. The Morgan fingerprint density at radius 3 is 1.22 bits per heavy atom. The SMILES string of the molecule is COc1ccc(/C=C2\CC(=O)NC2=O)cc1OC.COc1ccc(/C=C2\CC(=O)NC2=O)cc1OC. The molecule has 0 saturated carbocycles. The average molecular weight is 495 g/mol. The van der Waals surface area contributed by atoms with Gasteiger partial charge in [0.2, 0.25) is 11.8 Å². The average Bonchev–Trinajstić information content (AvgIpc) is 3.36. The fourth-order valence-electron chi connectivity index (χ4n) is 3.53. The van der Waals surface area contributed by atoms with Crippen molar-refractivity contribution in [1.29, 1.82) is 0 Å². The molecule has 0 atom stereocenters. The molecule has 2 aliphatic rings. The molecular formula is C26H26N2O8. The summed E-state index contributed by atoms with van der Waals surface area (Å²) in [6, 6.07) is 10.6. The molecule has 10 heteroatoms. The maximum Gasteiger partial charge on any atom is 0.254 e. The van der Waals surface area contributed by atoms with E-state index in [0.29, 0.717) is 34.1 Å². The molecule has 2 aromatic rings. The predicted molar refractivity (Wildman–Crippen MR) is 131 cm³/mol. The Morgan fingerprint density at radius 1 is 0.583 bits per heavy atom. The lowest BCUT2D eigenvalue weighted by Gasteiger charge is -2.07. The Labute approximate surface area is 207 Å². The Hall–Kier alpha value is -4.60. The van der Waals surface area contributed by atoms with Crippen molar-refractivity contribution in [3.05, 3.63) is 58.7 Å². The quantitative estimate of drug-likeness (QED) is 0.462. The highest BCUT2D eigenvalue weighted by atomic mass is 16.5. The van der Waals surface area contributed by atoms with Crippen molar-refractivity contribution in [3.63, 3.8) is 0 Å². The van der Waals surface area contributed by atoms with E-state index >= 15 is 0 Å². The zero-order valence-electron chi connectivity index (χ0n) is 20.3. The second kappa shape index (κ2) is 11.7. The molecule has 2 fully saturated rings. The van der Waals surface area contributed by atoms with Crippen molar-refractivity contribution < 1.29 is 38.1 Å². The van der Waals surface area contributed by atoms with Crippen LogP contribution in [0, 0.1) is 0 Å². The van der Waals surface area contributed by atoms with E-state index < -0.39 is 0 Å². The van der Waals surface area contributed by atoms with E-state index in [1.165, 1.54) is 0 Å². The molecule has 4 amide bonds. The lowest BCUT2D eigenvalue weighted by Crippen LogP contribution is -2.19. The minimum atomic E-state index is -0.338. The smallest absolute Gasteiger partial charge is 0.254 e. The summed E-state index contributed by atoms with van der Waals surface area (Å²) in [5, 5.41) is 4.47. The van der Waals surface area contributed by atoms with Gasteiger partial charge >= 0.3 is 0 Å². The molecule has 36 heavy (non-hydrogen) atoms. The molecule has 0 aliphatic carbocycles. The minimum Gasteiger partial charge on any atom is -0.493 e. The largest absolute Gasteiger partial charge is 0.493 e. The van der Waals surface area contributed by atoms with Crippen molar-refractivity contribution in [2.75, 3.05) is 28.4 Å². The van der Waals surface area contributed by atoms with Crippen LogP contribution in [-0.2, 0) is 19.2 Å². The van der Waals surface area contributed by atoms with Gasteiger partial charge in [-0.15, -0.1) is 0 Å². The number of rotatable bonds is 6. The van der Waals surface area contributed by atoms with E-state index in [9.17, 15) is 19.2 Å². The first-order valence-electron chi connectivity index (χ1n) is 10.8. The third-order valence-corrected chi connectivity index (χ3v) is 5.29. The van der Waals surface area contributed by atoms with Gasteiger partial charge in [0.15, 0.2) is 23.0 Å². The first-order chi connectivity index (χ1) is 17.3. The van der Waals surface area contributed by atoms with Crippen LogP contribution in [0.25, 0.3) is 12.2 Å². The fraction of sp³-hybridized carbons (Fsp3) is 0.231. The van der Waals surface area contributed by atoms with Gasteiger partial charge in [0, 0.05) is 11.1 Å². The second-order valence-corrected chi connectivity index (χ2v) is 7.68. The van der Waals surface area contributed by atoms with Crippen molar-refractivity contribution >= 4 is 35.8 Å². The summed E-state index contributed by atoms with van der Waals surface area (Å²) in [7, 11) is 6.19. The van der Waals surface area contributed by atoms with Gasteiger partial charge in [-0.05, 0) is 47.5 Å². The van der Waals surface area contributed by atoms with E-state index in [1.54, 1.807) is 77.0 Å². The Balaban J connectivity index is 0.000000201. The maximum absolute atomic E-state index is 11.4. The third kappa shape index (κ3) is 6.29. The van der Waals surface area contributed by atoms with Gasteiger partial charge in [0.1, 0.15) is 0 Å². The van der Waals surface area contributed by atoms with Gasteiger partial charge in [-0.1, -0.05) is 12.1 Å². The fourth-order valence-corrected chi connectivity index (χ4v) is 3.53. The van der Waals surface area contributed by atoms with E-state index in [2.05, 4.69) is 10.6 Å². The Kier molecular flexibility index (Phi) is 8.45. The number of ether oxygens (including phenoxy) is 4. The topological polar surface area (TPSA) is 129 Å². The second-order valence-electron chi connectivity index (χ2n) is 7.68. The molecule has 0 unspecified atom stereocenters. The third-order valence-electron chi connectivity index (χ3n) is 5.29. The lowest BCUT2D eigenvalue weighted by molar-refractivity contribution is -0.125. The highest BCUT2D eigenvalue weighted by Crippen LogP contribution is 2.30. The van der Waals surface area contributed by atoms with Crippen LogP contribution < -0.4 is 29.6 Å².